The van der Waals surface area contributed by atoms with Gasteiger partial charge in [-0.2, -0.15) is 23.5 Å². The molecule has 3 heteroatoms. The Balaban J connectivity index is 2.27. The van der Waals surface area contributed by atoms with Gasteiger partial charge >= 0.3 is 0 Å². The van der Waals surface area contributed by atoms with Crippen molar-refractivity contribution in [3.8, 4) is 0 Å². The zero-order valence-corrected chi connectivity index (χ0v) is 14.0. The number of benzene rings is 1. The molecule has 0 saturated carbocycles. The second kappa shape index (κ2) is 7.05. The lowest BCUT2D eigenvalue weighted by molar-refractivity contribution is 0.525. The molecule has 106 valence electrons. The van der Waals surface area contributed by atoms with Gasteiger partial charge in [-0.05, 0) is 26.0 Å². The highest BCUT2D eigenvalue weighted by atomic mass is 32.2. The van der Waals surface area contributed by atoms with Crippen molar-refractivity contribution in [1.82, 2.24) is 5.32 Å². The van der Waals surface area contributed by atoms with E-state index < -0.39 is 0 Å². The maximum absolute atomic E-state index is 3.72. The van der Waals surface area contributed by atoms with E-state index in [1.165, 1.54) is 28.2 Å². The normalized spacial score (nSPS) is 25.3. The molecule has 1 heterocycles. The lowest BCUT2D eigenvalue weighted by atomic mass is 9.97. The standard InChI is InChI=1S/C16H25NS2/c1-5-17-15(16-13(4)18-6-7-19-16)14-9-11(2)8-12(3)10-14/h8-10,13,15-17H,5-7H2,1-4H3. The van der Waals surface area contributed by atoms with Crippen LogP contribution in [0.1, 0.15) is 36.6 Å². The molecule has 0 aromatic heterocycles. The smallest absolute Gasteiger partial charge is 0.0451 e. The second-order valence-electron chi connectivity index (χ2n) is 5.37. The highest BCUT2D eigenvalue weighted by Crippen LogP contribution is 2.39. The Morgan fingerprint density at radius 1 is 1.16 bits per heavy atom. The first-order valence-corrected chi connectivity index (χ1v) is 9.26. The van der Waals surface area contributed by atoms with Gasteiger partial charge < -0.3 is 5.32 Å². The van der Waals surface area contributed by atoms with Crippen LogP contribution in [0.4, 0.5) is 0 Å². The summed E-state index contributed by atoms with van der Waals surface area (Å²) in [6.07, 6.45) is 0. The first kappa shape index (κ1) is 15.3. The van der Waals surface area contributed by atoms with Crippen molar-refractivity contribution in [2.45, 2.75) is 44.2 Å². The Bertz CT molecular complexity index is 399. The van der Waals surface area contributed by atoms with Gasteiger partial charge in [0.15, 0.2) is 0 Å². The minimum absolute atomic E-state index is 0.483. The molecule has 2 rings (SSSR count). The van der Waals surface area contributed by atoms with Crippen molar-refractivity contribution in [3.63, 3.8) is 0 Å². The van der Waals surface area contributed by atoms with Gasteiger partial charge in [-0.15, -0.1) is 0 Å². The fraction of sp³-hybridized carbons (Fsp3) is 0.625. The summed E-state index contributed by atoms with van der Waals surface area (Å²) in [6.45, 7) is 10.0. The van der Waals surface area contributed by atoms with Crippen LogP contribution in [-0.2, 0) is 0 Å². The molecule has 3 atom stereocenters. The van der Waals surface area contributed by atoms with Gasteiger partial charge in [0.05, 0.1) is 0 Å². The molecule has 0 spiro atoms. The third kappa shape index (κ3) is 3.93. The fourth-order valence-corrected chi connectivity index (χ4v) is 5.80. The van der Waals surface area contributed by atoms with Gasteiger partial charge in [-0.3, -0.25) is 0 Å². The van der Waals surface area contributed by atoms with Crippen molar-refractivity contribution < 1.29 is 0 Å². The fourth-order valence-electron chi connectivity index (χ4n) is 2.85. The van der Waals surface area contributed by atoms with E-state index in [0.717, 1.165) is 11.8 Å². The average molecular weight is 296 g/mol. The van der Waals surface area contributed by atoms with Gasteiger partial charge in [0, 0.05) is 28.0 Å². The van der Waals surface area contributed by atoms with Crippen LogP contribution in [-0.4, -0.2) is 28.6 Å². The van der Waals surface area contributed by atoms with Gasteiger partial charge in [0.1, 0.15) is 0 Å². The Kier molecular flexibility index (Phi) is 5.67. The maximum atomic E-state index is 3.72. The van der Waals surface area contributed by atoms with Crippen molar-refractivity contribution in [1.29, 1.82) is 0 Å². The summed E-state index contributed by atoms with van der Waals surface area (Å²) in [6, 6.07) is 7.45. The molecule has 1 aromatic carbocycles. The molecule has 0 amide bonds. The maximum Gasteiger partial charge on any atom is 0.0451 e. The van der Waals surface area contributed by atoms with Crippen LogP contribution in [0.5, 0.6) is 0 Å². The molecule has 1 N–H and O–H groups in total. The van der Waals surface area contributed by atoms with Crippen molar-refractivity contribution in [2.75, 3.05) is 18.1 Å². The summed E-state index contributed by atoms with van der Waals surface area (Å²) in [7, 11) is 0. The Morgan fingerprint density at radius 2 is 1.79 bits per heavy atom. The summed E-state index contributed by atoms with van der Waals surface area (Å²) in [5, 5.41) is 5.13. The van der Waals surface area contributed by atoms with Crippen molar-refractivity contribution in [2.24, 2.45) is 0 Å². The van der Waals surface area contributed by atoms with Crippen LogP contribution in [0.25, 0.3) is 0 Å². The number of hydrogen-bond acceptors (Lipinski definition) is 3. The lowest BCUT2D eigenvalue weighted by Gasteiger charge is -2.35. The van der Waals surface area contributed by atoms with Crippen LogP contribution in [0.15, 0.2) is 18.2 Å². The van der Waals surface area contributed by atoms with Gasteiger partial charge in [-0.1, -0.05) is 43.2 Å². The minimum atomic E-state index is 0.483. The largest absolute Gasteiger partial charge is 0.309 e. The van der Waals surface area contributed by atoms with E-state index in [0.29, 0.717) is 11.3 Å². The van der Waals surface area contributed by atoms with Crippen LogP contribution in [0.2, 0.25) is 0 Å². The highest BCUT2D eigenvalue weighted by molar-refractivity contribution is 8.07. The molecule has 0 radical (unpaired) electrons. The zero-order valence-electron chi connectivity index (χ0n) is 12.4. The van der Waals surface area contributed by atoms with E-state index in [1.54, 1.807) is 0 Å². The average Bonchev–Trinajstić information content (AvgIpc) is 2.36. The third-order valence-corrected chi connectivity index (χ3v) is 6.79. The van der Waals surface area contributed by atoms with Gasteiger partial charge in [-0.25, -0.2) is 0 Å². The molecular formula is C16H25NS2. The molecule has 1 nitrogen and oxygen atoms in total. The molecule has 1 aromatic rings. The topological polar surface area (TPSA) is 12.0 Å². The van der Waals surface area contributed by atoms with E-state index in [-0.39, 0.29) is 0 Å². The quantitative estimate of drug-likeness (QED) is 0.894. The number of aryl methyl sites for hydroxylation is 2. The molecule has 1 fully saturated rings. The van der Waals surface area contributed by atoms with E-state index in [2.05, 4.69) is 74.7 Å². The molecule has 0 aliphatic carbocycles. The molecule has 0 bridgehead atoms. The Morgan fingerprint density at radius 3 is 2.37 bits per heavy atom. The molecular weight excluding hydrogens is 270 g/mol. The van der Waals surface area contributed by atoms with E-state index >= 15 is 0 Å². The molecule has 1 saturated heterocycles. The first-order valence-electron chi connectivity index (χ1n) is 7.16. The lowest BCUT2D eigenvalue weighted by Crippen LogP contribution is -2.37. The summed E-state index contributed by atoms with van der Waals surface area (Å²) in [5.41, 5.74) is 4.21. The Hall–Kier alpha value is -0.120. The number of thioether (sulfide) groups is 2. The SMILES string of the molecule is CCNC(c1cc(C)cc(C)c1)C1SCCSC1C. The number of nitrogens with one attached hydrogen (secondary N) is 1. The number of hydrogen-bond donors (Lipinski definition) is 1. The predicted molar refractivity (Wildman–Crippen MR) is 90.5 cm³/mol. The molecule has 19 heavy (non-hydrogen) atoms. The molecule has 3 unspecified atom stereocenters. The first-order chi connectivity index (χ1) is 9.11. The van der Waals surface area contributed by atoms with E-state index in [1.807, 2.05) is 0 Å². The van der Waals surface area contributed by atoms with Gasteiger partial charge in [0.25, 0.3) is 0 Å². The molecule has 1 aliphatic rings. The van der Waals surface area contributed by atoms with Crippen molar-refractivity contribution >= 4 is 23.5 Å². The zero-order chi connectivity index (χ0) is 13.8. The van der Waals surface area contributed by atoms with E-state index in [4.69, 9.17) is 0 Å². The molecule has 1 aliphatic heterocycles. The van der Waals surface area contributed by atoms with Crippen molar-refractivity contribution in [3.05, 3.63) is 34.9 Å². The predicted octanol–water partition coefficient (Wildman–Crippen LogP) is 4.19. The van der Waals surface area contributed by atoms with Gasteiger partial charge in [0.2, 0.25) is 0 Å². The summed E-state index contributed by atoms with van der Waals surface area (Å²) in [5.74, 6) is 2.58. The monoisotopic (exact) mass is 295 g/mol. The number of rotatable bonds is 4. The second-order valence-corrected chi connectivity index (χ2v) is 8.14. The van der Waals surface area contributed by atoms with Crippen LogP contribution >= 0.6 is 23.5 Å². The van der Waals surface area contributed by atoms with Crippen LogP contribution in [0.3, 0.4) is 0 Å². The Labute approximate surface area is 126 Å². The minimum Gasteiger partial charge on any atom is -0.309 e. The van der Waals surface area contributed by atoms with Crippen LogP contribution < -0.4 is 5.32 Å². The summed E-state index contributed by atoms with van der Waals surface area (Å²) < 4.78 is 0. The summed E-state index contributed by atoms with van der Waals surface area (Å²) in [4.78, 5) is 0. The third-order valence-electron chi connectivity index (χ3n) is 3.59. The van der Waals surface area contributed by atoms with Crippen LogP contribution in [0, 0.1) is 13.8 Å². The summed E-state index contributed by atoms with van der Waals surface area (Å²) >= 11 is 4.27. The highest BCUT2D eigenvalue weighted by Gasteiger charge is 2.31. The van der Waals surface area contributed by atoms with E-state index in [9.17, 15) is 0 Å².